The highest BCUT2D eigenvalue weighted by Crippen LogP contribution is 2.41. The molecule has 0 unspecified atom stereocenters. The summed E-state index contributed by atoms with van der Waals surface area (Å²) in [6, 6.07) is 5.20. The molecule has 1 aromatic rings. The molecule has 3 nitrogen and oxygen atoms in total. The molecule has 0 radical (unpaired) electrons. The van der Waals surface area contributed by atoms with Crippen molar-refractivity contribution in [2.75, 3.05) is 5.32 Å². The standard InChI is InChI=1S/C11H13NO2/c1-11(2)6-9(14)12-7-4-3-5-8(13)10(7)11/h3-5,13H,6H2,1-2H3,(H,12,14). The molecule has 3 heteroatoms. The number of aromatic hydroxyl groups is 1. The smallest absolute Gasteiger partial charge is 0.225 e. The van der Waals surface area contributed by atoms with Crippen molar-refractivity contribution in [3.8, 4) is 5.75 Å². The molecule has 1 heterocycles. The average Bonchev–Trinajstić information content (AvgIpc) is 2.00. The van der Waals surface area contributed by atoms with E-state index in [0.29, 0.717) is 6.42 Å². The molecule has 0 saturated carbocycles. The monoisotopic (exact) mass is 191 g/mol. The molecule has 0 aliphatic carbocycles. The van der Waals surface area contributed by atoms with Gasteiger partial charge in [0, 0.05) is 23.1 Å². The summed E-state index contributed by atoms with van der Waals surface area (Å²) in [7, 11) is 0. The second kappa shape index (κ2) is 2.74. The van der Waals surface area contributed by atoms with Crippen molar-refractivity contribution < 1.29 is 9.90 Å². The van der Waals surface area contributed by atoms with Gasteiger partial charge in [0.2, 0.25) is 5.91 Å². The van der Waals surface area contributed by atoms with E-state index in [-0.39, 0.29) is 17.1 Å². The summed E-state index contributed by atoms with van der Waals surface area (Å²) in [6.07, 6.45) is 0.414. The third kappa shape index (κ3) is 1.25. The van der Waals surface area contributed by atoms with Gasteiger partial charge < -0.3 is 10.4 Å². The van der Waals surface area contributed by atoms with Crippen molar-refractivity contribution in [3.63, 3.8) is 0 Å². The summed E-state index contributed by atoms with van der Waals surface area (Å²) in [5.74, 6) is 0.264. The lowest BCUT2D eigenvalue weighted by molar-refractivity contribution is -0.117. The summed E-state index contributed by atoms with van der Waals surface area (Å²) < 4.78 is 0. The van der Waals surface area contributed by atoms with Gasteiger partial charge in [0.25, 0.3) is 0 Å². The van der Waals surface area contributed by atoms with Gasteiger partial charge in [-0.25, -0.2) is 0 Å². The summed E-state index contributed by atoms with van der Waals surface area (Å²) in [4.78, 5) is 11.4. The first-order valence-corrected chi connectivity index (χ1v) is 4.63. The molecule has 1 amide bonds. The first-order chi connectivity index (χ1) is 6.50. The van der Waals surface area contributed by atoms with E-state index in [1.54, 1.807) is 12.1 Å². The normalized spacial score (nSPS) is 18.6. The Morgan fingerprint density at radius 2 is 2.14 bits per heavy atom. The number of fused-ring (bicyclic) bond motifs is 1. The van der Waals surface area contributed by atoms with E-state index in [1.807, 2.05) is 19.9 Å². The van der Waals surface area contributed by atoms with Gasteiger partial charge in [-0.3, -0.25) is 4.79 Å². The molecule has 0 bridgehead atoms. The van der Waals surface area contributed by atoms with Crippen LogP contribution in [0, 0.1) is 0 Å². The van der Waals surface area contributed by atoms with Crippen LogP contribution >= 0.6 is 0 Å². The van der Waals surface area contributed by atoms with Crippen LogP contribution in [0.15, 0.2) is 18.2 Å². The number of nitrogens with one attached hydrogen (secondary N) is 1. The van der Waals surface area contributed by atoms with Gasteiger partial charge in [0.1, 0.15) is 5.75 Å². The predicted molar refractivity (Wildman–Crippen MR) is 54.4 cm³/mol. The molecule has 1 aliphatic heterocycles. The summed E-state index contributed by atoms with van der Waals surface area (Å²) in [6.45, 7) is 3.93. The molecule has 0 saturated heterocycles. The molecule has 0 aromatic heterocycles. The lowest BCUT2D eigenvalue weighted by Crippen LogP contribution is -2.32. The quantitative estimate of drug-likeness (QED) is 0.659. The fourth-order valence-electron chi connectivity index (χ4n) is 2.04. The van der Waals surface area contributed by atoms with Crippen molar-refractivity contribution in [3.05, 3.63) is 23.8 Å². The fourth-order valence-corrected chi connectivity index (χ4v) is 2.04. The maximum absolute atomic E-state index is 11.4. The molecule has 0 atom stereocenters. The molecule has 2 rings (SSSR count). The van der Waals surface area contributed by atoms with Crippen LogP contribution in [-0.4, -0.2) is 11.0 Å². The van der Waals surface area contributed by atoms with Crippen LogP contribution in [-0.2, 0) is 10.2 Å². The number of benzene rings is 1. The minimum absolute atomic E-state index is 0.00750. The first-order valence-electron chi connectivity index (χ1n) is 4.63. The largest absolute Gasteiger partial charge is 0.508 e. The Labute approximate surface area is 82.8 Å². The van der Waals surface area contributed by atoms with Crippen LogP contribution < -0.4 is 5.32 Å². The van der Waals surface area contributed by atoms with E-state index in [4.69, 9.17) is 0 Å². The topological polar surface area (TPSA) is 49.3 Å². The van der Waals surface area contributed by atoms with Gasteiger partial charge in [-0.1, -0.05) is 19.9 Å². The van der Waals surface area contributed by atoms with Crippen molar-refractivity contribution >= 4 is 11.6 Å². The van der Waals surface area contributed by atoms with Crippen molar-refractivity contribution in [2.45, 2.75) is 25.7 Å². The van der Waals surface area contributed by atoms with E-state index < -0.39 is 0 Å². The Hall–Kier alpha value is -1.51. The van der Waals surface area contributed by atoms with Gasteiger partial charge in [-0.2, -0.15) is 0 Å². The summed E-state index contributed by atoms with van der Waals surface area (Å²) in [5.41, 5.74) is 1.27. The number of phenolic OH excluding ortho intramolecular Hbond substituents is 1. The average molecular weight is 191 g/mol. The highest BCUT2D eigenvalue weighted by atomic mass is 16.3. The minimum Gasteiger partial charge on any atom is -0.508 e. The van der Waals surface area contributed by atoms with Crippen molar-refractivity contribution in [1.82, 2.24) is 0 Å². The van der Waals surface area contributed by atoms with E-state index in [1.165, 1.54) is 0 Å². The van der Waals surface area contributed by atoms with Crippen LogP contribution in [0.3, 0.4) is 0 Å². The zero-order chi connectivity index (χ0) is 10.3. The van der Waals surface area contributed by atoms with Gasteiger partial charge in [0.15, 0.2) is 0 Å². The number of hydrogen-bond donors (Lipinski definition) is 2. The minimum atomic E-state index is -0.289. The number of amides is 1. The van der Waals surface area contributed by atoms with Gasteiger partial charge in [-0.15, -0.1) is 0 Å². The Bertz CT molecular complexity index is 396. The molecule has 74 valence electrons. The highest BCUT2D eigenvalue weighted by molar-refractivity contribution is 5.96. The number of carbonyl (C=O) groups excluding carboxylic acids is 1. The van der Waals surface area contributed by atoms with Crippen LogP contribution in [0.25, 0.3) is 0 Å². The zero-order valence-corrected chi connectivity index (χ0v) is 8.29. The van der Waals surface area contributed by atoms with Gasteiger partial charge in [0.05, 0.1) is 0 Å². The molecule has 0 fully saturated rings. The second-order valence-corrected chi connectivity index (χ2v) is 4.31. The van der Waals surface area contributed by atoms with E-state index in [2.05, 4.69) is 5.32 Å². The number of anilines is 1. The number of carbonyl (C=O) groups is 1. The Balaban J connectivity index is 2.64. The third-order valence-electron chi connectivity index (χ3n) is 2.60. The van der Waals surface area contributed by atoms with Crippen molar-refractivity contribution in [1.29, 1.82) is 0 Å². The van der Waals surface area contributed by atoms with Crippen LogP contribution in [0.1, 0.15) is 25.8 Å². The SMILES string of the molecule is CC1(C)CC(=O)Nc2cccc(O)c21. The highest BCUT2D eigenvalue weighted by Gasteiger charge is 2.33. The molecule has 2 N–H and O–H groups in total. The van der Waals surface area contributed by atoms with E-state index in [0.717, 1.165) is 11.3 Å². The maximum Gasteiger partial charge on any atom is 0.225 e. The lowest BCUT2D eigenvalue weighted by atomic mass is 9.77. The molecule has 0 spiro atoms. The fraction of sp³-hybridized carbons (Fsp3) is 0.364. The molecule has 14 heavy (non-hydrogen) atoms. The predicted octanol–water partition coefficient (Wildman–Crippen LogP) is 2.01. The molecule has 1 aromatic carbocycles. The molecular weight excluding hydrogens is 178 g/mol. The summed E-state index contributed by atoms with van der Waals surface area (Å²) >= 11 is 0. The summed E-state index contributed by atoms with van der Waals surface area (Å²) in [5, 5.41) is 12.5. The second-order valence-electron chi connectivity index (χ2n) is 4.31. The van der Waals surface area contributed by atoms with E-state index >= 15 is 0 Å². The lowest BCUT2D eigenvalue weighted by Gasteiger charge is -2.32. The number of phenols is 1. The number of hydrogen-bond acceptors (Lipinski definition) is 2. The Morgan fingerprint density at radius 1 is 1.43 bits per heavy atom. The Kier molecular flexibility index (Phi) is 1.77. The van der Waals surface area contributed by atoms with Crippen LogP contribution in [0.2, 0.25) is 0 Å². The van der Waals surface area contributed by atoms with Crippen molar-refractivity contribution in [2.24, 2.45) is 0 Å². The van der Waals surface area contributed by atoms with Crippen LogP contribution in [0.4, 0.5) is 5.69 Å². The zero-order valence-electron chi connectivity index (χ0n) is 8.29. The van der Waals surface area contributed by atoms with Gasteiger partial charge >= 0.3 is 0 Å². The van der Waals surface area contributed by atoms with Gasteiger partial charge in [-0.05, 0) is 12.1 Å². The number of rotatable bonds is 0. The van der Waals surface area contributed by atoms with E-state index in [9.17, 15) is 9.90 Å². The third-order valence-corrected chi connectivity index (χ3v) is 2.60. The van der Waals surface area contributed by atoms with Crippen LogP contribution in [0.5, 0.6) is 5.75 Å². The Morgan fingerprint density at radius 3 is 2.86 bits per heavy atom. The maximum atomic E-state index is 11.4. The molecular formula is C11H13NO2. The molecule has 1 aliphatic rings. The first kappa shape index (κ1) is 9.06.